The van der Waals surface area contributed by atoms with Crippen LogP contribution in [-0.4, -0.2) is 27.3 Å². The largest absolute Gasteiger partial charge is 0.340 e. The Hall–Kier alpha value is -2.36. The van der Waals surface area contributed by atoms with Gasteiger partial charge in [-0.3, -0.25) is 4.79 Å². The molecule has 1 N–H and O–H groups in total. The van der Waals surface area contributed by atoms with Crippen molar-refractivity contribution < 1.29 is 4.79 Å². The summed E-state index contributed by atoms with van der Waals surface area (Å²) in [4.78, 5) is 23.5. The Kier molecular flexibility index (Phi) is 9.16. The van der Waals surface area contributed by atoms with Crippen LogP contribution in [0.1, 0.15) is 104 Å². The van der Waals surface area contributed by atoms with Crippen LogP contribution in [0, 0.1) is 17.8 Å². The number of benzene rings is 1. The van der Waals surface area contributed by atoms with E-state index in [2.05, 4.69) is 75.7 Å². The van der Waals surface area contributed by atoms with Gasteiger partial charge in [0.25, 0.3) is 0 Å². The highest BCUT2D eigenvalue weighted by atomic mass is 16.2. The highest BCUT2D eigenvalue weighted by Crippen LogP contribution is 2.36. The number of imidazole rings is 1. The number of allylic oxidation sites excluding steroid dienone is 2. The molecule has 34 heavy (non-hydrogen) atoms. The number of nitrogens with zero attached hydrogens (tertiary/aromatic N) is 2. The van der Waals surface area contributed by atoms with E-state index >= 15 is 0 Å². The van der Waals surface area contributed by atoms with Crippen molar-refractivity contribution in [1.82, 2.24) is 14.9 Å². The van der Waals surface area contributed by atoms with Gasteiger partial charge in [-0.15, -0.1) is 0 Å². The average Bonchev–Trinajstić information content (AvgIpc) is 3.46. The van der Waals surface area contributed by atoms with Crippen LogP contribution < -0.4 is 0 Å². The molecule has 1 aliphatic heterocycles. The third-order valence-electron chi connectivity index (χ3n) is 7.66. The van der Waals surface area contributed by atoms with Crippen LogP contribution in [0.3, 0.4) is 0 Å². The second-order valence-corrected chi connectivity index (χ2v) is 10.7. The summed E-state index contributed by atoms with van der Waals surface area (Å²) in [5.41, 5.74) is 6.47. The molecule has 1 fully saturated rings. The standard InChI is InChI=1S/C30H45N3O/c1-8-10-11-12-22(6)26(9-2)24-13-15-25(16-14-24)27-18-31-29(32-27)28-17-21(5)19-33(28)30(34)23(7)20(3)4/h13-16,18,20-21,23,28H,8-12,17,19H2,1-7H3,(H,31,32). The van der Waals surface area contributed by atoms with Crippen LogP contribution in [0.15, 0.2) is 36.0 Å². The summed E-state index contributed by atoms with van der Waals surface area (Å²) in [5, 5.41) is 0. The van der Waals surface area contributed by atoms with E-state index in [0.717, 1.165) is 36.5 Å². The molecule has 0 bridgehead atoms. The molecule has 3 rings (SSSR count). The summed E-state index contributed by atoms with van der Waals surface area (Å²) in [6.07, 6.45) is 8.97. The molecular formula is C30H45N3O. The van der Waals surface area contributed by atoms with Crippen molar-refractivity contribution >= 4 is 11.5 Å². The molecule has 1 aromatic heterocycles. The summed E-state index contributed by atoms with van der Waals surface area (Å²) in [6.45, 7) is 16.1. The monoisotopic (exact) mass is 463 g/mol. The van der Waals surface area contributed by atoms with Crippen molar-refractivity contribution in [2.24, 2.45) is 17.8 Å². The van der Waals surface area contributed by atoms with Crippen LogP contribution in [0.5, 0.6) is 0 Å². The number of aromatic amines is 1. The van der Waals surface area contributed by atoms with E-state index in [9.17, 15) is 4.79 Å². The maximum absolute atomic E-state index is 13.1. The van der Waals surface area contributed by atoms with Crippen molar-refractivity contribution in [2.45, 2.75) is 93.0 Å². The molecule has 2 aromatic rings. The van der Waals surface area contributed by atoms with Gasteiger partial charge in [0.2, 0.25) is 5.91 Å². The Balaban J connectivity index is 1.78. The molecule has 4 heteroatoms. The van der Waals surface area contributed by atoms with Crippen LogP contribution in [-0.2, 0) is 4.79 Å². The lowest BCUT2D eigenvalue weighted by molar-refractivity contribution is -0.137. The minimum absolute atomic E-state index is 0.0287. The quantitative estimate of drug-likeness (QED) is 0.362. The Morgan fingerprint density at radius 1 is 1.15 bits per heavy atom. The normalized spacial score (nSPS) is 20.1. The Labute approximate surface area is 207 Å². The number of carbonyl (C=O) groups excluding carboxylic acids is 1. The lowest BCUT2D eigenvalue weighted by Gasteiger charge is -2.28. The van der Waals surface area contributed by atoms with Gasteiger partial charge in [0.15, 0.2) is 0 Å². The van der Waals surface area contributed by atoms with Crippen molar-refractivity contribution in [1.29, 1.82) is 0 Å². The molecule has 2 heterocycles. The maximum Gasteiger partial charge on any atom is 0.226 e. The Morgan fingerprint density at radius 2 is 1.85 bits per heavy atom. The van der Waals surface area contributed by atoms with Gasteiger partial charge in [0, 0.05) is 12.5 Å². The fourth-order valence-electron chi connectivity index (χ4n) is 5.14. The van der Waals surface area contributed by atoms with Crippen molar-refractivity contribution in [3.05, 3.63) is 47.4 Å². The van der Waals surface area contributed by atoms with Crippen molar-refractivity contribution in [2.75, 3.05) is 6.54 Å². The zero-order valence-electron chi connectivity index (χ0n) is 22.4. The number of H-pyrrole nitrogens is 1. The maximum atomic E-state index is 13.1. The summed E-state index contributed by atoms with van der Waals surface area (Å²) in [7, 11) is 0. The van der Waals surface area contributed by atoms with Crippen molar-refractivity contribution in [3.63, 3.8) is 0 Å². The summed E-state index contributed by atoms with van der Waals surface area (Å²) >= 11 is 0. The van der Waals surface area contributed by atoms with E-state index in [1.165, 1.54) is 42.4 Å². The number of nitrogens with one attached hydrogen (secondary N) is 1. The van der Waals surface area contributed by atoms with Gasteiger partial charge in [0.1, 0.15) is 5.82 Å². The number of likely N-dealkylation sites (tertiary alicyclic amines) is 1. The SMILES string of the molecule is CCCCCC(C)=C(CC)c1ccc(-c2cnc(C3CC(C)CN3C(=O)C(C)C(C)C)[nH]2)cc1. The summed E-state index contributed by atoms with van der Waals surface area (Å²) in [5.74, 6) is 2.02. The first kappa shape index (κ1) is 26.2. The van der Waals surface area contributed by atoms with Crippen LogP contribution >= 0.6 is 0 Å². The fourth-order valence-corrected chi connectivity index (χ4v) is 5.14. The minimum atomic E-state index is 0.0287. The third-order valence-corrected chi connectivity index (χ3v) is 7.66. The number of hydrogen-bond donors (Lipinski definition) is 1. The first-order chi connectivity index (χ1) is 16.3. The van der Waals surface area contributed by atoms with E-state index < -0.39 is 0 Å². The topological polar surface area (TPSA) is 49.0 Å². The summed E-state index contributed by atoms with van der Waals surface area (Å²) in [6, 6.07) is 8.92. The number of carbonyl (C=O) groups is 1. The molecule has 0 saturated carbocycles. The predicted octanol–water partition coefficient (Wildman–Crippen LogP) is 8.04. The van der Waals surface area contributed by atoms with Gasteiger partial charge in [-0.25, -0.2) is 4.98 Å². The van der Waals surface area contributed by atoms with E-state index in [0.29, 0.717) is 11.8 Å². The number of amides is 1. The van der Waals surface area contributed by atoms with Crippen LogP contribution in [0.2, 0.25) is 0 Å². The highest BCUT2D eigenvalue weighted by molar-refractivity contribution is 5.79. The van der Waals surface area contributed by atoms with Crippen LogP contribution in [0.4, 0.5) is 0 Å². The average molecular weight is 464 g/mol. The molecule has 4 nitrogen and oxygen atoms in total. The lowest BCUT2D eigenvalue weighted by Crippen LogP contribution is -2.37. The highest BCUT2D eigenvalue weighted by Gasteiger charge is 2.38. The molecule has 1 amide bonds. The van der Waals surface area contributed by atoms with Gasteiger partial charge in [0.05, 0.1) is 17.9 Å². The number of unbranched alkanes of at least 4 members (excludes halogenated alkanes) is 2. The third kappa shape index (κ3) is 6.00. The molecule has 0 aliphatic carbocycles. The molecule has 1 saturated heterocycles. The van der Waals surface area contributed by atoms with Gasteiger partial charge in [-0.05, 0) is 61.1 Å². The molecule has 1 aromatic carbocycles. The number of rotatable bonds is 10. The van der Waals surface area contributed by atoms with Gasteiger partial charge >= 0.3 is 0 Å². The van der Waals surface area contributed by atoms with E-state index in [-0.39, 0.29) is 17.9 Å². The van der Waals surface area contributed by atoms with E-state index in [1.54, 1.807) is 0 Å². The first-order valence-corrected chi connectivity index (χ1v) is 13.4. The molecule has 3 atom stereocenters. The molecule has 3 unspecified atom stereocenters. The first-order valence-electron chi connectivity index (χ1n) is 13.4. The number of aromatic nitrogens is 2. The second-order valence-electron chi connectivity index (χ2n) is 10.7. The van der Waals surface area contributed by atoms with Crippen molar-refractivity contribution in [3.8, 4) is 11.3 Å². The van der Waals surface area contributed by atoms with E-state index in [1.807, 2.05) is 13.1 Å². The zero-order valence-corrected chi connectivity index (χ0v) is 22.4. The molecule has 0 spiro atoms. The molecule has 1 aliphatic rings. The van der Waals surface area contributed by atoms with Gasteiger partial charge in [-0.2, -0.15) is 0 Å². The fraction of sp³-hybridized carbons (Fsp3) is 0.600. The predicted molar refractivity (Wildman–Crippen MR) is 143 cm³/mol. The summed E-state index contributed by atoms with van der Waals surface area (Å²) < 4.78 is 0. The Bertz CT molecular complexity index is 969. The molecular weight excluding hydrogens is 418 g/mol. The smallest absolute Gasteiger partial charge is 0.226 e. The van der Waals surface area contributed by atoms with Gasteiger partial charge < -0.3 is 9.88 Å². The molecule has 186 valence electrons. The minimum Gasteiger partial charge on any atom is -0.340 e. The van der Waals surface area contributed by atoms with E-state index in [4.69, 9.17) is 4.98 Å². The van der Waals surface area contributed by atoms with Crippen LogP contribution in [0.25, 0.3) is 16.8 Å². The number of hydrogen-bond acceptors (Lipinski definition) is 2. The molecule has 0 radical (unpaired) electrons. The van der Waals surface area contributed by atoms with Gasteiger partial charge in [-0.1, -0.05) is 84.2 Å². The lowest BCUT2D eigenvalue weighted by atomic mass is 9.94. The Morgan fingerprint density at radius 3 is 2.47 bits per heavy atom. The zero-order chi connectivity index (χ0) is 24.8. The second kappa shape index (κ2) is 11.9.